The van der Waals surface area contributed by atoms with Gasteiger partial charge in [-0.05, 0) is 77.5 Å². The minimum atomic E-state index is -0.990. The van der Waals surface area contributed by atoms with Crippen LogP contribution in [-0.2, 0) is 11.3 Å². The molecule has 1 heterocycles. The van der Waals surface area contributed by atoms with E-state index in [1.807, 2.05) is 91.0 Å². The molecule has 0 spiro atoms. The number of carboxylic acid groups (broad SMARTS) is 1. The SMILES string of the molecule is O=C(O)c1ccc(CN2C(=O)/C(=C/c3ccc(Oc4ccccc4)cc3)SC2=Nc2ccccc2)cc1. The highest BCUT2D eigenvalue weighted by atomic mass is 32.2. The van der Waals surface area contributed by atoms with E-state index in [1.54, 1.807) is 17.0 Å². The van der Waals surface area contributed by atoms with Crippen molar-refractivity contribution in [2.75, 3.05) is 0 Å². The van der Waals surface area contributed by atoms with Gasteiger partial charge in [-0.2, -0.15) is 0 Å². The Hall–Kier alpha value is -4.62. The van der Waals surface area contributed by atoms with E-state index in [0.29, 0.717) is 15.8 Å². The Kier molecular flexibility index (Phi) is 7.14. The number of ether oxygens (including phenoxy) is 1. The molecule has 0 atom stereocenters. The van der Waals surface area contributed by atoms with Crippen molar-refractivity contribution >= 4 is 40.6 Å². The number of nitrogens with zero attached hydrogens (tertiary/aromatic N) is 2. The van der Waals surface area contributed by atoms with Crippen LogP contribution < -0.4 is 4.74 Å². The van der Waals surface area contributed by atoms with Gasteiger partial charge in [-0.3, -0.25) is 9.69 Å². The molecule has 1 fully saturated rings. The standard InChI is InChI=1S/C30H22N2O4S/c33-28-27(19-21-13-17-26(18-14-21)36-25-9-5-2-6-10-25)37-30(31-24-7-3-1-4-8-24)32(28)20-22-11-15-23(16-12-22)29(34)35/h1-19H,20H2,(H,34,35)/b27-19-,31-30?. The lowest BCUT2D eigenvalue weighted by atomic mass is 10.1. The van der Waals surface area contributed by atoms with Gasteiger partial charge in [0.1, 0.15) is 11.5 Å². The van der Waals surface area contributed by atoms with Crippen LogP contribution >= 0.6 is 11.8 Å². The van der Waals surface area contributed by atoms with E-state index in [9.17, 15) is 14.7 Å². The summed E-state index contributed by atoms with van der Waals surface area (Å²) in [5.74, 6) is 0.308. The van der Waals surface area contributed by atoms with Crippen LogP contribution in [0.3, 0.4) is 0 Å². The number of amidine groups is 1. The maximum absolute atomic E-state index is 13.4. The minimum Gasteiger partial charge on any atom is -0.478 e. The van der Waals surface area contributed by atoms with Gasteiger partial charge in [0, 0.05) is 0 Å². The Morgan fingerprint density at radius 3 is 2.11 bits per heavy atom. The zero-order valence-electron chi connectivity index (χ0n) is 19.7. The molecular formula is C30H22N2O4S. The van der Waals surface area contributed by atoms with Crippen LogP contribution in [0, 0.1) is 0 Å². The Balaban J connectivity index is 1.39. The Labute approximate surface area is 218 Å². The molecular weight excluding hydrogens is 484 g/mol. The molecule has 4 aromatic carbocycles. The maximum Gasteiger partial charge on any atom is 0.335 e. The highest BCUT2D eigenvalue weighted by Gasteiger charge is 2.33. The number of hydrogen-bond donors (Lipinski definition) is 1. The molecule has 182 valence electrons. The molecule has 1 amide bonds. The molecule has 1 N–H and O–H groups in total. The largest absolute Gasteiger partial charge is 0.478 e. The molecule has 0 bridgehead atoms. The van der Waals surface area contributed by atoms with Gasteiger partial charge < -0.3 is 9.84 Å². The highest BCUT2D eigenvalue weighted by molar-refractivity contribution is 8.18. The van der Waals surface area contributed by atoms with Crippen molar-refractivity contribution in [1.29, 1.82) is 0 Å². The number of amides is 1. The van der Waals surface area contributed by atoms with Crippen LogP contribution in [0.2, 0.25) is 0 Å². The van der Waals surface area contributed by atoms with E-state index in [1.165, 1.54) is 23.9 Å². The highest BCUT2D eigenvalue weighted by Crippen LogP contribution is 2.35. The van der Waals surface area contributed by atoms with Crippen LogP contribution in [0.1, 0.15) is 21.5 Å². The topological polar surface area (TPSA) is 79.2 Å². The van der Waals surface area contributed by atoms with Gasteiger partial charge in [-0.15, -0.1) is 0 Å². The summed E-state index contributed by atoms with van der Waals surface area (Å²) in [6, 6.07) is 33.0. The van der Waals surface area contributed by atoms with Crippen molar-refractivity contribution in [1.82, 2.24) is 4.90 Å². The molecule has 5 rings (SSSR count). The van der Waals surface area contributed by atoms with Crippen molar-refractivity contribution in [3.05, 3.63) is 131 Å². The molecule has 0 radical (unpaired) electrons. The summed E-state index contributed by atoms with van der Waals surface area (Å²) in [6.45, 7) is 0.276. The number of aliphatic imine (C=N–C) groups is 1. The molecule has 1 aliphatic heterocycles. The maximum atomic E-state index is 13.4. The average molecular weight is 507 g/mol. The second-order valence-electron chi connectivity index (χ2n) is 8.22. The number of carbonyl (C=O) groups excluding carboxylic acids is 1. The summed E-state index contributed by atoms with van der Waals surface area (Å²) in [4.78, 5) is 31.5. The lowest BCUT2D eigenvalue weighted by Gasteiger charge is -2.16. The van der Waals surface area contributed by atoms with Crippen LogP contribution in [0.15, 0.2) is 119 Å². The summed E-state index contributed by atoms with van der Waals surface area (Å²) in [5.41, 5.74) is 2.61. The molecule has 1 saturated heterocycles. The minimum absolute atomic E-state index is 0.161. The molecule has 0 saturated carbocycles. The molecule has 0 aromatic heterocycles. The molecule has 0 aliphatic carbocycles. The van der Waals surface area contributed by atoms with Gasteiger partial charge in [0.15, 0.2) is 5.17 Å². The molecule has 7 heteroatoms. The molecule has 4 aromatic rings. The first-order valence-corrected chi connectivity index (χ1v) is 12.4. The third kappa shape index (κ3) is 5.97. The van der Waals surface area contributed by atoms with E-state index in [2.05, 4.69) is 0 Å². The van der Waals surface area contributed by atoms with E-state index in [-0.39, 0.29) is 18.0 Å². The quantitative estimate of drug-likeness (QED) is 0.274. The third-order valence-electron chi connectivity index (χ3n) is 5.57. The predicted octanol–water partition coefficient (Wildman–Crippen LogP) is 6.98. The zero-order chi connectivity index (χ0) is 25.6. The van der Waals surface area contributed by atoms with Crippen molar-refractivity contribution in [3.63, 3.8) is 0 Å². The molecule has 6 nitrogen and oxygen atoms in total. The second kappa shape index (κ2) is 11.0. The Morgan fingerprint density at radius 1 is 0.838 bits per heavy atom. The van der Waals surface area contributed by atoms with Crippen LogP contribution in [0.5, 0.6) is 11.5 Å². The number of hydrogen-bond acceptors (Lipinski definition) is 5. The summed E-state index contributed by atoms with van der Waals surface area (Å²) < 4.78 is 5.86. The fourth-order valence-corrected chi connectivity index (χ4v) is 4.69. The number of rotatable bonds is 7. The summed E-state index contributed by atoms with van der Waals surface area (Å²) in [6.07, 6.45) is 1.84. The van der Waals surface area contributed by atoms with Crippen molar-refractivity contribution in [3.8, 4) is 11.5 Å². The number of para-hydroxylation sites is 2. The lowest BCUT2D eigenvalue weighted by Crippen LogP contribution is -2.28. The summed E-state index contributed by atoms with van der Waals surface area (Å²) in [7, 11) is 0. The van der Waals surface area contributed by atoms with Gasteiger partial charge in [-0.25, -0.2) is 9.79 Å². The van der Waals surface area contributed by atoms with Gasteiger partial charge in [0.25, 0.3) is 5.91 Å². The zero-order valence-corrected chi connectivity index (χ0v) is 20.5. The fourth-order valence-electron chi connectivity index (χ4n) is 3.69. The normalized spacial score (nSPS) is 15.4. The van der Waals surface area contributed by atoms with Gasteiger partial charge in [0.2, 0.25) is 0 Å². The second-order valence-corrected chi connectivity index (χ2v) is 9.23. The van der Waals surface area contributed by atoms with E-state index in [4.69, 9.17) is 9.73 Å². The number of benzene rings is 4. The first-order valence-electron chi connectivity index (χ1n) is 11.6. The van der Waals surface area contributed by atoms with Gasteiger partial charge >= 0.3 is 5.97 Å². The molecule has 1 aliphatic rings. The van der Waals surface area contributed by atoms with E-state index in [0.717, 1.165) is 22.6 Å². The molecule has 37 heavy (non-hydrogen) atoms. The smallest absolute Gasteiger partial charge is 0.335 e. The van der Waals surface area contributed by atoms with Crippen molar-refractivity contribution in [2.24, 2.45) is 4.99 Å². The summed E-state index contributed by atoms with van der Waals surface area (Å²) >= 11 is 1.31. The Bertz CT molecular complexity index is 1470. The van der Waals surface area contributed by atoms with E-state index < -0.39 is 5.97 Å². The first kappa shape index (κ1) is 24.1. The van der Waals surface area contributed by atoms with Gasteiger partial charge in [0.05, 0.1) is 22.7 Å². The first-order chi connectivity index (χ1) is 18.0. The van der Waals surface area contributed by atoms with E-state index >= 15 is 0 Å². The van der Waals surface area contributed by atoms with Crippen LogP contribution in [-0.4, -0.2) is 27.1 Å². The monoisotopic (exact) mass is 506 g/mol. The van der Waals surface area contributed by atoms with Crippen molar-refractivity contribution in [2.45, 2.75) is 6.54 Å². The van der Waals surface area contributed by atoms with Crippen LogP contribution in [0.4, 0.5) is 5.69 Å². The predicted molar refractivity (Wildman–Crippen MR) is 146 cm³/mol. The lowest BCUT2D eigenvalue weighted by molar-refractivity contribution is -0.122. The van der Waals surface area contributed by atoms with Crippen molar-refractivity contribution < 1.29 is 19.4 Å². The number of thioether (sulfide) groups is 1. The average Bonchev–Trinajstić information content (AvgIpc) is 3.20. The Morgan fingerprint density at radius 2 is 1.46 bits per heavy atom. The van der Waals surface area contributed by atoms with Crippen LogP contribution in [0.25, 0.3) is 6.08 Å². The number of carboxylic acids is 1. The molecule has 0 unspecified atom stereocenters. The summed E-state index contributed by atoms with van der Waals surface area (Å²) in [5, 5.41) is 9.74. The van der Waals surface area contributed by atoms with Gasteiger partial charge in [-0.1, -0.05) is 60.7 Å². The number of aromatic carboxylic acids is 1. The fraction of sp³-hybridized carbons (Fsp3) is 0.0333. The number of carbonyl (C=O) groups is 2. The third-order valence-corrected chi connectivity index (χ3v) is 6.57.